The van der Waals surface area contributed by atoms with Gasteiger partial charge in [-0.3, -0.25) is 15.0 Å². The lowest BCUT2D eigenvalue weighted by atomic mass is 10.1. The number of nitro benzene ring substituents is 1. The van der Waals surface area contributed by atoms with Crippen molar-refractivity contribution in [1.29, 1.82) is 0 Å². The minimum Gasteiger partial charge on any atom is -0.329 e. The van der Waals surface area contributed by atoms with Gasteiger partial charge in [-0.05, 0) is 12.0 Å². The summed E-state index contributed by atoms with van der Waals surface area (Å²) in [6.07, 6.45) is 0.904. The van der Waals surface area contributed by atoms with Crippen molar-refractivity contribution in [1.82, 2.24) is 4.90 Å². The number of para-hydroxylation sites is 1. The maximum absolute atomic E-state index is 11.1. The van der Waals surface area contributed by atoms with Gasteiger partial charge in [-0.1, -0.05) is 48.5 Å². The molecule has 5 heteroatoms. The fourth-order valence-corrected chi connectivity index (χ4v) is 2.45. The molecule has 0 aliphatic heterocycles. The molecule has 116 valence electrons. The molecular formula is C17H21N3O2. The Morgan fingerprint density at radius 3 is 2.36 bits per heavy atom. The standard InChI is InChI=1S/C17H21N3O2/c18-11-13-19(12-10-15-6-2-1-3-7-15)14-16-8-4-5-9-17(16)20(21)22/h1-9H,10-14,18H2. The molecule has 2 aromatic rings. The Hall–Kier alpha value is -2.24. The van der Waals surface area contributed by atoms with E-state index in [1.165, 1.54) is 5.56 Å². The highest BCUT2D eigenvalue weighted by Gasteiger charge is 2.15. The third-order valence-corrected chi connectivity index (χ3v) is 3.59. The van der Waals surface area contributed by atoms with Gasteiger partial charge in [0.05, 0.1) is 4.92 Å². The van der Waals surface area contributed by atoms with Gasteiger partial charge >= 0.3 is 0 Å². The van der Waals surface area contributed by atoms with Gasteiger partial charge in [-0.2, -0.15) is 0 Å². The van der Waals surface area contributed by atoms with E-state index in [2.05, 4.69) is 17.0 Å². The molecule has 0 aliphatic carbocycles. The minimum atomic E-state index is -0.326. The SMILES string of the molecule is NCCN(CCc1ccccc1)Cc1ccccc1[N+](=O)[O-]. The molecule has 0 aliphatic rings. The summed E-state index contributed by atoms with van der Waals surface area (Å²) in [5.41, 5.74) is 7.83. The first-order valence-corrected chi connectivity index (χ1v) is 7.39. The second-order valence-electron chi connectivity index (χ2n) is 5.19. The lowest BCUT2D eigenvalue weighted by Crippen LogP contribution is -2.31. The Labute approximate surface area is 130 Å². The molecule has 0 heterocycles. The molecular weight excluding hydrogens is 278 g/mol. The first kappa shape index (κ1) is 16.1. The van der Waals surface area contributed by atoms with Crippen LogP contribution in [0.15, 0.2) is 54.6 Å². The normalized spacial score (nSPS) is 10.8. The van der Waals surface area contributed by atoms with E-state index in [4.69, 9.17) is 5.73 Å². The van der Waals surface area contributed by atoms with Crippen LogP contribution in [0.2, 0.25) is 0 Å². The molecule has 2 N–H and O–H groups in total. The highest BCUT2D eigenvalue weighted by molar-refractivity contribution is 5.39. The average Bonchev–Trinajstić information content (AvgIpc) is 2.54. The van der Waals surface area contributed by atoms with Gasteiger partial charge in [-0.25, -0.2) is 0 Å². The number of hydrogen-bond acceptors (Lipinski definition) is 4. The summed E-state index contributed by atoms with van der Waals surface area (Å²) >= 11 is 0. The van der Waals surface area contributed by atoms with Crippen LogP contribution in [0, 0.1) is 10.1 Å². The second-order valence-corrected chi connectivity index (χ2v) is 5.19. The van der Waals surface area contributed by atoms with Crippen LogP contribution in [0.5, 0.6) is 0 Å². The van der Waals surface area contributed by atoms with E-state index in [9.17, 15) is 10.1 Å². The van der Waals surface area contributed by atoms with Crippen LogP contribution < -0.4 is 5.73 Å². The van der Waals surface area contributed by atoms with Crippen LogP contribution in [-0.2, 0) is 13.0 Å². The molecule has 5 nitrogen and oxygen atoms in total. The van der Waals surface area contributed by atoms with E-state index in [0.717, 1.165) is 25.1 Å². The summed E-state index contributed by atoms with van der Waals surface area (Å²) in [5.74, 6) is 0. The molecule has 0 saturated carbocycles. The van der Waals surface area contributed by atoms with Gasteiger partial charge in [0, 0.05) is 37.8 Å². The van der Waals surface area contributed by atoms with Crippen LogP contribution in [0.1, 0.15) is 11.1 Å². The van der Waals surface area contributed by atoms with Crippen molar-refractivity contribution < 1.29 is 4.92 Å². The van der Waals surface area contributed by atoms with Crippen molar-refractivity contribution >= 4 is 5.69 Å². The summed E-state index contributed by atoms with van der Waals surface area (Å²) in [5, 5.41) is 11.1. The summed E-state index contributed by atoms with van der Waals surface area (Å²) in [6, 6.07) is 17.1. The zero-order chi connectivity index (χ0) is 15.8. The van der Waals surface area contributed by atoms with Crippen molar-refractivity contribution in [3.63, 3.8) is 0 Å². The molecule has 0 spiro atoms. The van der Waals surface area contributed by atoms with Gasteiger partial charge in [0.25, 0.3) is 5.69 Å². The first-order valence-electron chi connectivity index (χ1n) is 7.39. The Morgan fingerprint density at radius 1 is 1.00 bits per heavy atom. The van der Waals surface area contributed by atoms with Crippen LogP contribution in [0.3, 0.4) is 0 Å². The number of nitro groups is 1. The molecule has 2 rings (SSSR count). The van der Waals surface area contributed by atoms with Gasteiger partial charge in [-0.15, -0.1) is 0 Å². The van der Waals surface area contributed by atoms with E-state index in [-0.39, 0.29) is 10.6 Å². The highest BCUT2D eigenvalue weighted by Crippen LogP contribution is 2.19. The van der Waals surface area contributed by atoms with Crippen molar-refractivity contribution in [2.45, 2.75) is 13.0 Å². The minimum absolute atomic E-state index is 0.171. The Bertz CT molecular complexity index is 602. The van der Waals surface area contributed by atoms with E-state index in [0.29, 0.717) is 13.1 Å². The van der Waals surface area contributed by atoms with Gasteiger partial charge in [0.1, 0.15) is 0 Å². The first-order chi connectivity index (χ1) is 10.7. The Kier molecular flexibility index (Phi) is 6.06. The fourth-order valence-electron chi connectivity index (χ4n) is 2.45. The van der Waals surface area contributed by atoms with Crippen molar-refractivity contribution in [3.8, 4) is 0 Å². The van der Waals surface area contributed by atoms with Crippen molar-refractivity contribution in [2.75, 3.05) is 19.6 Å². The molecule has 0 fully saturated rings. The molecule has 2 aromatic carbocycles. The topological polar surface area (TPSA) is 72.4 Å². The van der Waals surface area contributed by atoms with Crippen LogP contribution in [0.4, 0.5) is 5.69 Å². The van der Waals surface area contributed by atoms with Gasteiger partial charge < -0.3 is 5.73 Å². The number of nitrogens with two attached hydrogens (primary N) is 1. The number of rotatable bonds is 8. The molecule has 22 heavy (non-hydrogen) atoms. The summed E-state index contributed by atoms with van der Waals surface area (Å²) in [4.78, 5) is 12.9. The lowest BCUT2D eigenvalue weighted by molar-refractivity contribution is -0.385. The maximum Gasteiger partial charge on any atom is 0.273 e. The van der Waals surface area contributed by atoms with Crippen LogP contribution in [-0.4, -0.2) is 29.5 Å². The predicted molar refractivity (Wildman–Crippen MR) is 87.6 cm³/mol. The molecule has 0 amide bonds. The van der Waals surface area contributed by atoms with E-state index in [1.54, 1.807) is 12.1 Å². The fraction of sp³-hybridized carbons (Fsp3) is 0.294. The van der Waals surface area contributed by atoms with E-state index >= 15 is 0 Å². The summed E-state index contributed by atoms with van der Waals surface area (Å²) in [6.45, 7) is 2.63. The van der Waals surface area contributed by atoms with Crippen molar-refractivity contribution in [3.05, 3.63) is 75.8 Å². The third kappa shape index (κ3) is 4.65. The quantitative estimate of drug-likeness (QED) is 0.600. The zero-order valence-corrected chi connectivity index (χ0v) is 12.5. The number of hydrogen-bond donors (Lipinski definition) is 1. The molecule has 0 saturated heterocycles. The van der Waals surface area contributed by atoms with Crippen molar-refractivity contribution in [2.24, 2.45) is 5.73 Å². The number of benzene rings is 2. The third-order valence-electron chi connectivity index (χ3n) is 3.59. The summed E-state index contributed by atoms with van der Waals surface area (Å²) in [7, 11) is 0. The molecule has 0 bridgehead atoms. The largest absolute Gasteiger partial charge is 0.329 e. The lowest BCUT2D eigenvalue weighted by Gasteiger charge is -2.21. The number of nitrogens with zero attached hydrogens (tertiary/aromatic N) is 2. The smallest absolute Gasteiger partial charge is 0.273 e. The average molecular weight is 299 g/mol. The van der Waals surface area contributed by atoms with Crippen LogP contribution in [0.25, 0.3) is 0 Å². The molecule has 0 atom stereocenters. The highest BCUT2D eigenvalue weighted by atomic mass is 16.6. The Morgan fingerprint density at radius 2 is 1.68 bits per heavy atom. The van der Waals surface area contributed by atoms with Crippen LogP contribution >= 0.6 is 0 Å². The van der Waals surface area contributed by atoms with Gasteiger partial charge in [0.15, 0.2) is 0 Å². The second kappa shape index (κ2) is 8.26. The monoisotopic (exact) mass is 299 g/mol. The van der Waals surface area contributed by atoms with E-state index in [1.807, 2.05) is 30.3 Å². The van der Waals surface area contributed by atoms with Gasteiger partial charge in [0.2, 0.25) is 0 Å². The molecule has 0 unspecified atom stereocenters. The van der Waals surface area contributed by atoms with E-state index < -0.39 is 0 Å². The maximum atomic E-state index is 11.1. The zero-order valence-electron chi connectivity index (χ0n) is 12.5. The molecule has 0 aromatic heterocycles. The predicted octanol–water partition coefficient (Wildman–Crippen LogP) is 2.60. The summed E-state index contributed by atoms with van der Waals surface area (Å²) < 4.78 is 0. The Balaban J connectivity index is 2.04. The molecule has 0 radical (unpaired) electrons.